The molecule has 0 saturated carbocycles. The van der Waals surface area contributed by atoms with Gasteiger partial charge in [0.05, 0.1) is 22.6 Å². The number of esters is 1. The summed E-state index contributed by atoms with van der Waals surface area (Å²) in [5, 5.41) is 5.34. The highest BCUT2D eigenvalue weighted by atomic mass is 32.1. The molecule has 2 aromatic carbocycles. The zero-order chi connectivity index (χ0) is 20.9. The van der Waals surface area contributed by atoms with E-state index in [-0.39, 0.29) is 12.0 Å². The highest BCUT2D eigenvalue weighted by Crippen LogP contribution is 2.25. The Balaban J connectivity index is 1.73. The number of thiophene rings is 1. The van der Waals surface area contributed by atoms with Crippen LogP contribution in [0.1, 0.15) is 45.0 Å². The molecular weight excluding hydrogens is 392 g/mol. The summed E-state index contributed by atoms with van der Waals surface area (Å²) in [6.07, 6.45) is 0. The molecule has 0 amide bonds. The summed E-state index contributed by atoms with van der Waals surface area (Å²) in [5.41, 5.74) is 4.41. The molecule has 2 heterocycles. The van der Waals surface area contributed by atoms with Crippen LogP contribution in [0.5, 0.6) is 0 Å². The van der Waals surface area contributed by atoms with Gasteiger partial charge < -0.3 is 10.1 Å². The van der Waals surface area contributed by atoms with E-state index in [0.717, 1.165) is 22.2 Å². The molecule has 0 spiro atoms. The molecule has 5 heteroatoms. The number of carbonyl (C=O) groups is 1. The number of rotatable bonds is 7. The number of fused-ring (bicyclic) bond motifs is 1. The molecule has 2 aromatic heterocycles. The van der Waals surface area contributed by atoms with Gasteiger partial charge in [-0.3, -0.25) is 0 Å². The third kappa shape index (κ3) is 4.13. The SMILES string of the molecule is CCOC(=O)c1c(C[NH2+][C@H](c2ccccc2)c2cccs2)nc2ccccc2c1C. The van der Waals surface area contributed by atoms with Gasteiger partial charge in [-0.25, -0.2) is 9.78 Å². The van der Waals surface area contributed by atoms with Crippen molar-refractivity contribution in [3.63, 3.8) is 0 Å². The summed E-state index contributed by atoms with van der Waals surface area (Å²) >= 11 is 1.74. The second-order valence-corrected chi connectivity index (χ2v) is 8.12. The highest BCUT2D eigenvalue weighted by Gasteiger charge is 2.24. The van der Waals surface area contributed by atoms with Crippen LogP contribution in [-0.4, -0.2) is 17.6 Å². The van der Waals surface area contributed by atoms with Crippen molar-refractivity contribution in [1.29, 1.82) is 0 Å². The number of nitrogens with two attached hydrogens (primary N) is 1. The van der Waals surface area contributed by atoms with E-state index in [9.17, 15) is 4.79 Å². The number of aromatic nitrogens is 1. The van der Waals surface area contributed by atoms with Crippen LogP contribution in [0.3, 0.4) is 0 Å². The quantitative estimate of drug-likeness (QED) is 0.446. The van der Waals surface area contributed by atoms with Gasteiger partial charge in [-0.1, -0.05) is 54.6 Å². The Hall–Kier alpha value is -3.02. The number of carbonyl (C=O) groups excluding carboxylic acids is 1. The molecule has 0 aliphatic rings. The van der Waals surface area contributed by atoms with E-state index in [1.54, 1.807) is 11.3 Å². The van der Waals surface area contributed by atoms with E-state index < -0.39 is 0 Å². The van der Waals surface area contributed by atoms with Crippen molar-refractivity contribution >= 4 is 28.2 Å². The lowest BCUT2D eigenvalue weighted by atomic mass is 10.0. The lowest BCUT2D eigenvalue weighted by Gasteiger charge is -2.17. The fraction of sp³-hybridized carbons (Fsp3) is 0.200. The van der Waals surface area contributed by atoms with Gasteiger partial charge in [-0.05, 0) is 36.9 Å². The van der Waals surface area contributed by atoms with Crippen molar-refractivity contribution < 1.29 is 14.8 Å². The number of aryl methyl sites for hydroxylation is 1. The largest absolute Gasteiger partial charge is 0.462 e. The van der Waals surface area contributed by atoms with Crippen LogP contribution >= 0.6 is 11.3 Å². The Labute approximate surface area is 180 Å². The van der Waals surface area contributed by atoms with Crippen molar-refractivity contribution in [2.45, 2.75) is 26.4 Å². The third-order valence-electron chi connectivity index (χ3n) is 5.26. The minimum Gasteiger partial charge on any atom is -0.462 e. The van der Waals surface area contributed by atoms with Crippen LogP contribution in [0.4, 0.5) is 0 Å². The maximum absolute atomic E-state index is 12.8. The molecule has 0 saturated heterocycles. The summed E-state index contributed by atoms with van der Waals surface area (Å²) in [6.45, 7) is 4.73. The average molecular weight is 418 g/mol. The van der Waals surface area contributed by atoms with Gasteiger partial charge >= 0.3 is 5.97 Å². The standard InChI is InChI=1S/C25H24N2O2S/c1-3-29-25(28)23-17(2)19-12-7-8-13-20(19)27-21(23)16-26-24(22-14-9-15-30-22)18-10-5-4-6-11-18/h4-15,24,26H,3,16H2,1-2H3/p+1/t24-/m1/s1. The summed E-state index contributed by atoms with van der Waals surface area (Å²) in [7, 11) is 0. The smallest absolute Gasteiger partial charge is 0.340 e. The first-order chi connectivity index (χ1) is 14.7. The molecule has 0 unspecified atom stereocenters. The normalized spacial score (nSPS) is 12.1. The van der Waals surface area contributed by atoms with Crippen molar-refractivity contribution in [2.75, 3.05) is 6.61 Å². The zero-order valence-electron chi connectivity index (χ0n) is 17.2. The Morgan fingerprint density at radius 2 is 1.83 bits per heavy atom. The van der Waals surface area contributed by atoms with Crippen molar-refractivity contribution in [1.82, 2.24) is 4.98 Å². The number of ether oxygens (including phenoxy) is 1. The molecule has 1 atom stereocenters. The minimum atomic E-state index is -0.302. The summed E-state index contributed by atoms with van der Waals surface area (Å²) in [6, 6.07) is 22.8. The van der Waals surface area contributed by atoms with Gasteiger partial charge in [0.2, 0.25) is 0 Å². The topological polar surface area (TPSA) is 55.8 Å². The van der Waals surface area contributed by atoms with E-state index in [0.29, 0.717) is 18.7 Å². The number of hydrogen-bond donors (Lipinski definition) is 1. The van der Waals surface area contributed by atoms with E-state index in [4.69, 9.17) is 9.72 Å². The summed E-state index contributed by atoms with van der Waals surface area (Å²) in [5.74, 6) is -0.302. The van der Waals surface area contributed by atoms with Crippen LogP contribution < -0.4 is 5.32 Å². The second-order valence-electron chi connectivity index (χ2n) is 7.14. The molecule has 4 rings (SSSR count). The summed E-state index contributed by atoms with van der Waals surface area (Å²) in [4.78, 5) is 18.9. The Morgan fingerprint density at radius 1 is 1.07 bits per heavy atom. The highest BCUT2D eigenvalue weighted by molar-refractivity contribution is 7.10. The molecule has 152 valence electrons. The van der Waals surface area contributed by atoms with Gasteiger partial charge in [0, 0.05) is 10.9 Å². The molecule has 0 radical (unpaired) electrons. The molecule has 0 fully saturated rings. The minimum absolute atomic E-state index is 0.148. The van der Waals surface area contributed by atoms with Crippen molar-refractivity contribution in [3.8, 4) is 0 Å². The number of pyridine rings is 1. The second kappa shape index (κ2) is 9.20. The number of benzene rings is 2. The van der Waals surface area contributed by atoms with Crippen LogP contribution in [-0.2, 0) is 11.3 Å². The van der Waals surface area contributed by atoms with Gasteiger partial charge in [-0.15, -0.1) is 11.3 Å². The first-order valence-corrected chi connectivity index (χ1v) is 11.0. The summed E-state index contributed by atoms with van der Waals surface area (Å²) < 4.78 is 5.37. The molecule has 2 N–H and O–H groups in total. The maximum Gasteiger partial charge on any atom is 0.340 e. The van der Waals surface area contributed by atoms with Crippen LogP contribution in [0, 0.1) is 6.92 Å². The fourth-order valence-electron chi connectivity index (χ4n) is 3.84. The van der Waals surface area contributed by atoms with Gasteiger partial charge in [-0.2, -0.15) is 0 Å². The predicted octanol–water partition coefficient (Wildman–Crippen LogP) is 4.63. The molecule has 4 nitrogen and oxygen atoms in total. The van der Waals surface area contributed by atoms with Gasteiger partial charge in [0.1, 0.15) is 18.3 Å². The molecule has 30 heavy (non-hydrogen) atoms. The molecule has 0 aliphatic heterocycles. The van der Waals surface area contributed by atoms with Crippen LogP contribution in [0.2, 0.25) is 0 Å². The maximum atomic E-state index is 12.8. The van der Waals surface area contributed by atoms with E-state index in [1.807, 2.05) is 44.2 Å². The predicted molar refractivity (Wildman–Crippen MR) is 121 cm³/mol. The van der Waals surface area contributed by atoms with Crippen molar-refractivity contribution in [2.24, 2.45) is 0 Å². The van der Waals surface area contributed by atoms with Crippen molar-refractivity contribution in [3.05, 3.63) is 99.4 Å². The molecule has 0 bridgehead atoms. The molecular formula is C25H25N2O2S+. The Bertz CT molecular complexity index is 1140. The first-order valence-electron chi connectivity index (χ1n) is 10.2. The average Bonchev–Trinajstić information content (AvgIpc) is 3.29. The lowest BCUT2D eigenvalue weighted by molar-refractivity contribution is -0.702. The van der Waals surface area contributed by atoms with Crippen LogP contribution in [0.25, 0.3) is 10.9 Å². The first kappa shape index (κ1) is 20.3. The molecule has 4 aromatic rings. The number of quaternary nitrogens is 1. The lowest BCUT2D eigenvalue weighted by Crippen LogP contribution is -2.84. The van der Waals surface area contributed by atoms with Crippen LogP contribution in [0.15, 0.2) is 72.1 Å². The zero-order valence-corrected chi connectivity index (χ0v) is 18.0. The van der Waals surface area contributed by atoms with Gasteiger partial charge in [0.15, 0.2) is 0 Å². The van der Waals surface area contributed by atoms with E-state index in [1.165, 1.54) is 10.4 Å². The monoisotopic (exact) mass is 417 g/mol. The van der Waals surface area contributed by atoms with Gasteiger partial charge in [0.25, 0.3) is 0 Å². The number of hydrogen-bond acceptors (Lipinski definition) is 4. The van der Waals surface area contributed by atoms with E-state index in [2.05, 4.69) is 47.1 Å². The Morgan fingerprint density at radius 3 is 2.57 bits per heavy atom. The number of para-hydroxylation sites is 1. The molecule has 0 aliphatic carbocycles. The number of nitrogens with zero attached hydrogens (tertiary/aromatic N) is 1. The Kier molecular flexibility index (Phi) is 6.21. The van der Waals surface area contributed by atoms with E-state index >= 15 is 0 Å². The third-order valence-corrected chi connectivity index (χ3v) is 6.22. The fourth-order valence-corrected chi connectivity index (χ4v) is 4.69.